The van der Waals surface area contributed by atoms with E-state index in [0.29, 0.717) is 0 Å². The number of anilines is 1. The molecular formula is C14H21ClN2O. The van der Waals surface area contributed by atoms with Crippen molar-refractivity contribution in [1.82, 2.24) is 5.32 Å². The third-order valence-corrected chi connectivity index (χ3v) is 3.43. The van der Waals surface area contributed by atoms with Crippen molar-refractivity contribution < 1.29 is 4.79 Å². The summed E-state index contributed by atoms with van der Waals surface area (Å²) in [7, 11) is 0. The minimum atomic E-state index is 0. The van der Waals surface area contributed by atoms with Gasteiger partial charge in [0.05, 0.1) is 5.92 Å². The van der Waals surface area contributed by atoms with Crippen molar-refractivity contribution >= 4 is 24.0 Å². The fraction of sp³-hybridized carbons (Fsp3) is 0.500. The summed E-state index contributed by atoms with van der Waals surface area (Å²) in [5.74, 6) is 0.266. The predicted molar refractivity (Wildman–Crippen MR) is 77.4 cm³/mol. The molecule has 1 amide bonds. The van der Waals surface area contributed by atoms with Crippen molar-refractivity contribution in [2.24, 2.45) is 5.92 Å². The summed E-state index contributed by atoms with van der Waals surface area (Å²) in [6, 6.07) is 6.13. The molecule has 0 saturated carbocycles. The van der Waals surface area contributed by atoms with Crippen LogP contribution in [0.2, 0.25) is 0 Å². The van der Waals surface area contributed by atoms with Crippen LogP contribution in [0, 0.1) is 12.8 Å². The van der Waals surface area contributed by atoms with Gasteiger partial charge in [0.1, 0.15) is 0 Å². The SMILES string of the molecule is CCc1cc(NC(=O)C2CCNC2)ccc1C.Cl. The molecule has 1 atom stereocenters. The number of halogens is 1. The fourth-order valence-electron chi connectivity index (χ4n) is 2.25. The lowest BCUT2D eigenvalue weighted by atomic mass is 10.0. The normalized spacial score (nSPS) is 18.2. The second-order valence-electron chi connectivity index (χ2n) is 4.67. The number of amides is 1. The zero-order valence-electron chi connectivity index (χ0n) is 11.0. The van der Waals surface area contributed by atoms with Crippen molar-refractivity contribution in [2.75, 3.05) is 18.4 Å². The van der Waals surface area contributed by atoms with Crippen LogP contribution >= 0.6 is 12.4 Å². The third kappa shape index (κ3) is 3.47. The number of benzene rings is 1. The Labute approximate surface area is 115 Å². The predicted octanol–water partition coefficient (Wildman–Crippen LogP) is 2.53. The van der Waals surface area contributed by atoms with Gasteiger partial charge in [0, 0.05) is 12.2 Å². The van der Waals surface area contributed by atoms with Gasteiger partial charge >= 0.3 is 0 Å². The molecule has 2 N–H and O–H groups in total. The molecule has 1 fully saturated rings. The molecule has 0 bridgehead atoms. The molecule has 0 aromatic heterocycles. The van der Waals surface area contributed by atoms with Gasteiger partial charge in [-0.3, -0.25) is 4.79 Å². The third-order valence-electron chi connectivity index (χ3n) is 3.43. The minimum absolute atomic E-state index is 0. The Morgan fingerprint density at radius 2 is 2.28 bits per heavy atom. The Morgan fingerprint density at radius 3 is 2.89 bits per heavy atom. The van der Waals surface area contributed by atoms with Crippen molar-refractivity contribution in [1.29, 1.82) is 0 Å². The molecule has 18 heavy (non-hydrogen) atoms. The standard InChI is InChI=1S/C14H20N2O.ClH/c1-3-11-8-13(5-4-10(11)2)16-14(17)12-6-7-15-9-12;/h4-5,8,12,15H,3,6-7,9H2,1-2H3,(H,16,17);1H. The number of carbonyl (C=O) groups excluding carboxylic acids is 1. The number of hydrogen-bond donors (Lipinski definition) is 2. The van der Waals surface area contributed by atoms with Crippen LogP contribution in [-0.2, 0) is 11.2 Å². The summed E-state index contributed by atoms with van der Waals surface area (Å²) >= 11 is 0. The number of rotatable bonds is 3. The van der Waals surface area contributed by atoms with Gasteiger partial charge < -0.3 is 10.6 Å². The summed E-state index contributed by atoms with van der Waals surface area (Å²) in [5.41, 5.74) is 3.50. The van der Waals surface area contributed by atoms with Gasteiger partial charge in [0.2, 0.25) is 5.91 Å². The van der Waals surface area contributed by atoms with Gasteiger partial charge in [-0.1, -0.05) is 13.0 Å². The topological polar surface area (TPSA) is 41.1 Å². The van der Waals surface area contributed by atoms with E-state index in [-0.39, 0.29) is 24.2 Å². The molecule has 1 aromatic carbocycles. The van der Waals surface area contributed by atoms with Crippen molar-refractivity contribution in [3.63, 3.8) is 0 Å². The first kappa shape index (κ1) is 15.0. The molecule has 100 valence electrons. The molecular weight excluding hydrogens is 248 g/mol. The Bertz CT molecular complexity index is 414. The average Bonchev–Trinajstić information content (AvgIpc) is 2.85. The van der Waals surface area contributed by atoms with Crippen molar-refractivity contribution in [2.45, 2.75) is 26.7 Å². The summed E-state index contributed by atoms with van der Waals surface area (Å²) in [5, 5.41) is 6.22. The van der Waals surface area contributed by atoms with E-state index in [1.54, 1.807) is 0 Å². The molecule has 4 heteroatoms. The smallest absolute Gasteiger partial charge is 0.228 e. The van der Waals surface area contributed by atoms with Crippen LogP contribution in [0.4, 0.5) is 5.69 Å². The molecule has 2 rings (SSSR count). The van der Waals surface area contributed by atoms with Gasteiger partial charge in [-0.15, -0.1) is 12.4 Å². The van der Waals surface area contributed by atoms with Crippen LogP contribution in [0.15, 0.2) is 18.2 Å². The average molecular weight is 269 g/mol. The van der Waals surface area contributed by atoms with Gasteiger partial charge in [0.25, 0.3) is 0 Å². The van der Waals surface area contributed by atoms with E-state index >= 15 is 0 Å². The molecule has 0 aliphatic carbocycles. The monoisotopic (exact) mass is 268 g/mol. The van der Waals surface area contributed by atoms with Crippen LogP contribution in [-0.4, -0.2) is 19.0 Å². The lowest BCUT2D eigenvalue weighted by molar-refractivity contribution is -0.119. The highest BCUT2D eigenvalue weighted by Crippen LogP contribution is 2.17. The van der Waals surface area contributed by atoms with E-state index in [1.807, 2.05) is 6.07 Å². The molecule has 0 spiro atoms. The van der Waals surface area contributed by atoms with E-state index in [4.69, 9.17) is 0 Å². The number of aryl methyl sites for hydroxylation is 2. The van der Waals surface area contributed by atoms with Gasteiger partial charge in [-0.25, -0.2) is 0 Å². The minimum Gasteiger partial charge on any atom is -0.326 e. The molecule has 0 radical (unpaired) electrons. The zero-order chi connectivity index (χ0) is 12.3. The maximum atomic E-state index is 11.9. The van der Waals surface area contributed by atoms with Crippen molar-refractivity contribution in [3.8, 4) is 0 Å². The number of nitrogens with one attached hydrogen (secondary N) is 2. The first-order valence-electron chi connectivity index (χ1n) is 6.32. The van der Waals surface area contributed by atoms with Gasteiger partial charge in [-0.2, -0.15) is 0 Å². The first-order valence-corrected chi connectivity index (χ1v) is 6.32. The molecule has 1 aromatic rings. The first-order chi connectivity index (χ1) is 8.20. The van der Waals surface area contributed by atoms with Gasteiger partial charge in [-0.05, 0) is 49.6 Å². The molecule has 1 saturated heterocycles. The van der Waals surface area contributed by atoms with Crippen LogP contribution in [0.3, 0.4) is 0 Å². The fourth-order valence-corrected chi connectivity index (χ4v) is 2.25. The quantitative estimate of drug-likeness (QED) is 0.885. The maximum Gasteiger partial charge on any atom is 0.228 e. The molecule has 1 heterocycles. The van der Waals surface area contributed by atoms with Gasteiger partial charge in [0.15, 0.2) is 0 Å². The molecule has 3 nitrogen and oxygen atoms in total. The lowest BCUT2D eigenvalue weighted by Crippen LogP contribution is -2.24. The Balaban J connectivity index is 0.00000162. The van der Waals surface area contributed by atoms with Crippen LogP contribution in [0.5, 0.6) is 0 Å². The number of hydrogen-bond acceptors (Lipinski definition) is 2. The van der Waals surface area contributed by atoms with E-state index in [0.717, 1.165) is 31.6 Å². The highest BCUT2D eigenvalue weighted by atomic mass is 35.5. The summed E-state index contributed by atoms with van der Waals surface area (Å²) in [6.45, 7) is 5.99. The highest BCUT2D eigenvalue weighted by molar-refractivity contribution is 5.93. The van der Waals surface area contributed by atoms with E-state index in [9.17, 15) is 4.79 Å². The second-order valence-corrected chi connectivity index (χ2v) is 4.67. The summed E-state index contributed by atoms with van der Waals surface area (Å²) in [4.78, 5) is 11.9. The Kier molecular flexibility index (Phi) is 5.63. The van der Waals surface area contributed by atoms with Crippen LogP contribution in [0.1, 0.15) is 24.5 Å². The second kappa shape index (κ2) is 6.76. The maximum absolute atomic E-state index is 11.9. The Morgan fingerprint density at radius 1 is 1.50 bits per heavy atom. The highest BCUT2D eigenvalue weighted by Gasteiger charge is 2.22. The molecule has 1 unspecified atom stereocenters. The summed E-state index contributed by atoms with van der Waals surface area (Å²) < 4.78 is 0. The molecule has 1 aliphatic heterocycles. The zero-order valence-corrected chi connectivity index (χ0v) is 11.8. The Hall–Kier alpha value is -1.06. The van der Waals surface area contributed by atoms with E-state index in [1.165, 1.54) is 11.1 Å². The largest absolute Gasteiger partial charge is 0.326 e. The van der Waals surface area contributed by atoms with E-state index < -0.39 is 0 Å². The van der Waals surface area contributed by atoms with Crippen LogP contribution in [0.25, 0.3) is 0 Å². The van der Waals surface area contributed by atoms with Crippen LogP contribution < -0.4 is 10.6 Å². The number of carbonyl (C=O) groups is 1. The van der Waals surface area contributed by atoms with Crippen molar-refractivity contribution in [3.05, 3.63) is 29.3 Å². The lowest BCUT2D eigenvalue weighted by Gasteiger charge is -2.12. The van der Waals surface area contributed by atoms with E-state index in [2.05, 4.69) is 36.6 Å². The molecule has 1 aliphatic rings. The summed E-state index contributed by atoms with van der Waals surface area (Å²) in [6.07, 6.45) is 1.94.